The highest BCUT2D eigenvalue weighted by molar-refractivity contribution is 9.10. The first-order chi connectivity index (χ1) is 10.1. The van der Waals surface area contributed by atoms with Crippen molar-refractivity contribution < 1.29 is 9.66 Å². The van der Waals surface area contributed by atoms with E-state index in [1.54, 1.807) is 18.2 Å². The third kappa shape index (κ3) is 3.91. The molecule has 1 aromatic heterocycles. The Morgan fingerprint density at radius 3 is 2.81 bits per heavy atom. The Bertz CT molecular complexity index is 649. The molecule has 0 amide bonds. The molecule has 7 heteroatoms. The standard InChI is InChI=1S/C14H14BrN3O3/c1-2-9-16-12-7-4-8-13(17-12)21-11-6-3-5-10(14(11)15)18(19)20/h3-8H,2,9H2,1H3,(H,16,17). The van der Waals surface area contributed by atoms with Crippen LogP contribution in [0.1, 0.15) is 13.3 Å². The van der Waals surface area contributed by atoms with Gasteiger partial charge in [0.1, 0.15) is 10.3 Å². The van der Waals surface area contributed by atoms with Crippen LogP contribution < -0.4 is 10.1 Å². The van der Waals surface area contributed by atoms with Crippen molar-refractivity contribution in [3.8, 4) is 11.6 Å². The van der Waals surface area contributed by atoms with Gasteiger partial charge in [0.05, 0.1) is 4.92 Å². The summed E-state index contributed by atoms with van der Waals surface area (Å²) in [4.78, 5) is 14.7. The van der Waals surface area contributed by atoms with Crippen LogP contribution in [0, 0.1) is 10.1 Å². The van der Waals surface area contributed by atoms with Crippen LogP contribution in [0.4, 0.5) is 11.5 Å². The molecule has 0 saturated carbocycles. The van der Waals surface area contributed by atoms with Gasteiger partial charge in [-0.15, -0.1) is 0 Å². The minimum absolute atomic E-state index is 0.0484. The van der Waals surface area contributed by atoms with Crippen LogP contribution in [-0.4, -0.2) is 16.5 Å². The molecule has 2 rings (SSSR count). The maximum Gasteiger partial charge on any atom is 0.287 e. The average molecular weight is 352 g/mol. The van der Waals surface area contributed by atoms with E-state index in [4.69, 9.17) is 4.74 Å². The van der Waals surface area contributed by atoms with Crippen molar-refractivity contribution in [3.05, 3.63) is 51.0 Å². The van der Waals surface area contributed by atoms with Crippen LogP contribution in [0.25, 0.3) is 0 Å². The Kier molecular flexibility index (Phi) is 5.10. The minimum atomic E-state index is -0.469. The lowest BCUT2D eigenvalue weighted by molar-refractivity contribution is -0.385. The minimum Gasteiger partial charge on any atom is -0.438 e. The molecular formula is C14H14BrN3O3. The zero-order valence-electron chi connectivity index (χ0n) is 11.4. The highest BCUT2D eigenvalue weighted by atomic mass is 79.9. The first-order valence-corrected chi connectivity index (χ1v) is 7.22. The van der Waals surface area contributed by atoms with E-state index >= 15 is 0 Å². The summed E-state index contributed by atoms with van der Waals surface area (Å²) in [5.74, 6) is 1.43. The number of hydrogen-bond acceptors (Lipinski definition) is 5. The second kappa shape index (κ2) is 7.03. The first kappa shape index (κ1) is 15.2. The van der Waals surface area contributed by atoms with Crippen molar-refractivity contribution in [2.24, 2.45) is 0 Å². The second-order valence-corrected chi connectivity index (χ2v) is 5.03. The van der Waals surface area contributed by atoms with Gasteiger partial charge in [-0.05, 0) is 34.5 Å². The largest absolute Gasteiger partial charge is 0.438 e. The van der Waals surface area contributed by atoms with Crippen LogP contribution >= 0.6 is 15.9 Å². The van der Waals surface area contributed by atoms with Crippen molar-refractivity contribution in [2.75, 3.05) is 11.9 Å². The number of anilines is 1. The van der Waals surface area contributed by atoms with Crippen LogP contribution in [0.2, 0.25) is 0 Å². The topological polar surface area (TPSA) is 77.3 Å². The molecule has 0 spiro atoms. The Morgan fingerprint density at radius 1 is 1.33 bits per heavy atom. The Labute approximate surface area is 130 Å². The lowest BCUT2D eigenvalue weighted by Gasteiger charge is -2.09. The molecule has 1 N–H and O–H groups in total. The molecule has 1 heterocycles. The summed E-state index contributed by atoms with van der Waals surface area (Å²) in [6.45, 7) is 2.88. The number of nitrogens with zero attached hydrogens (tertiary/aromatic N) is 2. The van der Waals surface area contributed by atoms with E-state index in [1.807, 2.05) is 12.1 Å². The quantitative estimate of drug-likeness (QED) is 0.617. The molecule has 0 atom stereocenters. The maximum atomic E-state index is 10.9. The number of halogens is 1. The summed E-state index contributed by atoms with van der Waals surface area (Å²) in [6.07, 6.45) is 0.989. The summed E-state index contributed by atoms with van der Waals surface area (Å²) in [5, 5.41) is 14.0. The number of nitrogens with one attached hydrogen (secondary N) is 1. The van der Waals surface area contributed by atoms with Gasteiger partial charge >= 0.3 is 0 Å². The highest BCUT2D eigenvalue weighted by Gasteiger charge is 2.16. The molecule has 21 heavy (non-hydrogen) atoms. The SMILES string of the molecule is CCCNc1cccc(Oc2cccc([N+](=O)[O-])c2Br)n1. The number of pyridine rings is 1. The van der Waals surface area contributed by atoms with E-state index < -0.39 is 4.92 Å². The molecule has 6 nitrogen and oxygen atoms in total. The van der Waals surface area contributed by atoms with Gasteiger partial charge in [0.15, 0.2) is 5.75 Å². The summed E-state index contributed by atoms with van der Waals surface area (Å²) in [7, 11) is 0. The van der Waals surface area contributed by atoms with Crippen molar-refractivity contribution in [3.63, 3.8) is 0 Å². The lowest BCUT2D eigenvalue weighted by Crippen LogP contribution is -2.02. The van der Waals surface area contributed by atoms with Crippen molar-refractivity contribution in [1.29, 1.82) is 0 Å². The molecular weight excluding hydrogens is 338 g/mol. The van der Waals surface area contributed by atoms with Gasteiger partial charge in [0.2, 0.25) is 5.88 Å². The van der Waals surface area contributed by atoms with E-state index in [2.05, 4.69) is 33.2 Å². The van der Waals surface area contributed by atoms with E-state index in [0.717, 1.165) is 13.0 Å². The van der Waals surface area contributed by atoms with E-state index in [1.165, 1.54) is 6.07 Å². The predicted molar refractivity (Wildman–Crippen MR) is 83.9 cm³/mol. The Hall–Kier alpha value is -2.15. The maximum absolute atomic E-state index is 10.9. The number of aromatic nitrogens is 1. The number of ether oxygens (including phenoxy) is 1. The van der Waals surface area contributed by atoms with Crippen LogP contribution in [0.5, 0.6) is 11.6 Å². The molecule has 0 aliphatic rings. The van der Waals surface area contributed by atoms with Gasteiger partial charge in [-0.3, -0.25) is 10.1 Å². The van der Waals surface area contributed by atoms with Crippen LogP contribution in [0.15, 0.2) is 40.9 Å². The molecule has 110 valence electrons. The van der Waals surface area contributed by atoms with Crippen molar-refractivity contribution in [2.45, 2.75) is 13.3 Å². The van der Waals surface area contributed by atoms with E-state index in [-0.39, 0.29) is 5.69 Å². The number of nitro groups is 1. The fourth-order valence-electron chi connectivity index (χ4n) is 1.65. The summed E-state index contributed by atoms with van der Waals surface area (Å²) in [5.41, 5.74) is -0.0484. The van der Waals surface area contributed by atoms with Gasteiger partial charge in [-0.2, -0.15) is 4.98 Å². The van der Waals surface area contributed by atoms with Crippen LogP contribution in [-0.2, 0) is 0 Å². The summed E-state index contributed by atoms with van der Waals surface area (Å²) in [6, 6.07) is 9.96. The average Bonchev–Trinajstić information content (AvgIpc) is 2.47. The molecule has 0 radical (unpaired) electrons. The third-order valence-electron chi connectivity index (χ3n) is 2.63. The Balaban J connectivity index is 2.22. The van der Waals surface area contributed by atoms with Crippen LogP contribution in [0.3, 0.4) is 0 Å². The lowest BCUT2D eigenvalue weighted by atomic mass is 10.3. The van der Waals surface area contributed by atoms with E-state index in [9.17, 15) is 10.1 Å². The molecule has 0 aliphatic carbocycles. The molecule has 1 aromatic carbocycles. The number of hydrogen-bond donors (Lipinski definition) is 1. The fourth-order valence-corrected chi connectivity index (χ4v) is 2.14. The van der Waals surface area contributed by atoms with Gasteiger partial charge in [0, 0.05) is 18.7 Å². The smallest absolute Gasteiger partial charge is 0.287 e. The predicted octanol–water partition coefficient (Wildman–Crippen LogP) is 4.37. The van der Waals surface area contributed by atoms with Gasteiger partial charge in [-0.25, -0.2) is 0 Å². The van der Waals surface area contributed by atoms with Gasteiger partial charge in [-0.1, -0.05) is 19.1 Å². The fraction of sp³-hybridized carbons (Fsp3) is 0.214. The normalized spacial score (nSPS) is 10.2. The van der Waals surface area contributed by atoms with Crippen molar-refractivity contribution >= 4 is 27.4 Å². The zero-order chi connectivity index (χ0) is 15.2. The molecule has 0 saturated heterocycles. The van der Waals surface area contributed by atoms with E-state index in [0.29, 0.717) is 21.9 Å². The summed E-state index contributed by atoms with van der Waals surface area (Å²) < 4.78 is 5.91. The Morgan fingerprint density at radius 2 is 2.10 bits per heavy atom. The second-order valence-electron chi connectivity index (χ2n) is 4.24. The highest BCUT2D eigenvalue weighted by Crippen LogP contribution is 2.36. The molecule has 0 bridgehead atoms. The molecule has 0 unspecified atom stereocenters. The number of benzene rings is 1. The van der Waals surface area contributed by atoms with Crippen molar-refractivity contribution in [1.82, 2.24) is 4.98 Å². The first-order valence-electron chi connectivity index (χ1n) is 6.43. The van der Waals surface area contributed by atoms with Gasteiger partial charge < -0.3 is 10.1 Å². The number of rotatable bonds is 6. The number of nitro benzene ring substituents is 1. The van der Waals surface area contributed by atoms with Gasteiger partial charge in [0.25, 0.3) is 5.69 Å². The third-order valence-corrected chi connectivity index (χ3v) is 3.43. The monoisotopic (exact) mass is 351 g/mol. The molecule has 0 aliphatic heterocycles. The molecule has 2 aromatic rings. The zero-order valence-corrected chi connectivity index (χ0v) is 13.0. The molecule has 0 fully saturated rings. The summed E-state index contributed by atoms with van der Waals surface area (Å²) >= 11 is 3.19.